The number of nitrogens with one attached hydrogen (secondary N) is 3. The molecule has 8 nitrogen and oxygen atoms in total. The van der Waals surface area contributed by atoms with Crippen LogP contribution < -0.4 is 20.7 Å². The lowest BCUT2D eigenvalue weighted by Crippen LogP contribution is -2.32. The summed E-state index contributed by atoms with van der Waals surface area (Å²) < 4.78 is 19.1. The van der Waals surface area contributed by atoms with Crippen molar-refractivity contribution in [1.82, 2.24) is 4.90 Å². The van der Waals surface area contributed by atoms with Crippen molar-refractivity contribution in [1.29, 1.82) is 0 Å². The molecule has 1 heterocycles. The zero-order valence-corrected chi connectivity index (χ0v) is 16.8. The van der Waals surface area contributed by atoms with Gasteiger partial charge in [0, 0.05) is 25.7 Å². The van der Waals surface area contributed by atoms with Crippen LogP contribution in [0.25, 0.3) is 0 Å². The fraction of sp³-hybridized carbons (Fsp3) is 0.286. The van der Waals surface area contributed by atoms with Crippen molar-refractivity contribution in [3.8, 4) is 5.75 Å². The van der Waals surface area contributed by atoms with Gasteiger partial charge in [-0.3, -0.25) is 9.59 Å². The zero-order chi connectivity index (χ0) is 21.7. The highest BCUT2D eigenvalue weighted by molar-refractivity contribution is 6.10. The molecule has 0 unspecified atom stereocenters. The van der Waals surface area contributed by atoms with Crippen LogP contribution in [0.3, 0.4) is 0 Å². The maximum atomic E-state index is 13.9. The maximum absolute atomic E-state index is 13.9. The van der Waals surface area contributed by atoms with E-state index in [-0.39, 0.29) is 28.9 Å². The predicted molar refractivity (Wildman–Crippen MR) is 111 cm³/mol. The molecule has 0 bridgehead atoms. The summed E-state index contributed by atoms with van der Waals surface area (Å²) in [6.45, 7) is 2.65. The average molecular weight is 414 g/mol. The zero-order valence-electron chi connectivity index (χ0n) is 16.8. The molecule has 0 aromatic heterocycles. The Bertz CT molecular complexity index is 973. The molecule has 0 aliphatic carbocycles. The standard InChI is InChI=1S/C21H23FN4O4/c1-13(27)23-15-6-8-19(30-2)18(12-15)24-20(28)16-11-14(22)5-7-17(16)25-21(29)26-9-3-4-10-26/h5-8,11-12H,3-4,9-10H2,1-2H3,(H,23,27)(H,24,28)(H,25,29). The number of hydrogen-bond acceptors (Lipinski definition) is 4. The van der Waals surface area contributed by atoms with E-state index in [1.54, 1.807) is 17.0 Å². The minimum absolute atomic E-state index is 0.0328. The Morgan fingerprint density at radius 3 is 2.37 bits per heavy atom. The summed E-state index contributed by atoms with van der Waals surface area (Å²) in [5, 5.41) is 7.96. The quantitative estimate of drug-likeness (QED) is 0.695. The van der Waals surface area contributed by atoms with E-state index in [2.05, 4.69) is 16.0 Å². The van der Waals surface area contributed by atoms with E-state index < -0.39 is 11.7 Å². The minimum atomic E-state index is -0.635. The van der Waals surface area contributed by atoms with Crippen molar-refractivity contribution in [3.05, 3.63) is 47.8 Å². The minimum Gasteiger partial charge on any atom is -0.495 e. The lowest BCUT2D eigenvalue weighted by atomic mass is 10.1. The number of ether oxygens (including phenoxy) is 1. The molecule has 30 heavy (non-hydrogen) atoms. The Hall–Kier alpha value is -3.62. The van der Waals surface area contributed by atoms with E-state index in [0.717, 1.165) is 18.9 Å². The van der Waals surface area contributed by atoms with Crippen LogP contribution in [0.15, 0.2) is 36.4 Å². The van der Waals surface area contributed by atoms with Gasteiger partial charge in [-0.1, -0.05) is 0 Å². The number of benzene rings is 2. The Morgan fingerprint density at radius 2 is 1.70 bits per heavy atom. The van der Waals surface area contributed by atoms with Crippen LogP contribution >= 0.6 is 0 Å². The Balaban J connectivity index is 1.85. The lowest BCUT2D eigenvalue weighted by molar-refractivity contribution is -0.114. The molecule has 0 radical (unpaired) electrons. The number of carbonyl (C=O) groups is 3. The molecule has 0 spiro atoms. The van der Waals surface area contributed by atoms with Crippen LogP contribution in [0, 0.1) is 5.82 Å². The van der Waals surface area contributed by atoms with Crippen LogP contribution in [0.4, 0.5) is 26.2 Å². The van der Waals surface area contributed by atoms with Gasteiger partial charge in [0.05, 0.1) is 24.0 Å². The summed E-state index contributed by atoms with van der Waals surface area (Å²) >= 11 is 0. The van der Waals surface area contributed by atoms with Gasteiger partial charge in [0.15, 0.2) is 0 Å². The smallest absolute Gasteiger partial charge is 0.321 e. The fourth-order valence-electron chi connectivity index (χ4n) is 3.20. The normalized spacial score (nSPS) is 13.0. The molecule has 9 heteroatoms. The number of amides is 4. The van der Waals surface area contributed by atoms with Crippen LogP contribution in [0.1, 0.15) is 30.1 Å². The fourth-order valence-corrected chi connectivity index (χ4v) is 3.20. The lowest BCUT2D eigenvalue weighted by Gasteiger charge is -2.18. The average Bonchev–Trinajstić information content (AvgIpc) is 3.24. The molecule has 0 atom stereocenters. The predicted octanol–water partition coefficient (Wildman–Crippen LogP) is 3.67. The highest BCUT2D eigenvalue weighted by atomic mass is 19.1. The molecule has 1 aliphatic heterocycles. The molecule has 3 rings (SSSR count). The molecule has 0 saturated carbocycles. The van der Waals surface area contributed by atoms with Gasteiger partial charge in [-0.2, -0.15) is 0 Å². The second-order valence-corrected chi connectivity index (χ2v) is 6.86. The first-order valence-corrected chi connectivity index (χ1v) is 9.50. The van der Waals surface area contributed by atoms with Crippen molar-refractivity contribution in [2.75, 3.05) is 36.1 Å². The molecular weight excluding hydrogens is 391 g/mol. The van der Waals surface area contributed by atoms with Crippen LogP contribution in [-0.2, 0) is 4.79 Å². The highest BCUT2D eigenvalue weighted by Crippen LogP contribution is 2.29. The molecule has 158 valence electrons. The number of rotatable bonds is 5. The number of urea groups is 1. The molecule has 1 saturated heterocycles. The summed E-state index contributed by atoms with van der Waals surface area (Å²) in [6.07, 6.45) is 1.85. The molecule has 2 aromatic carbocycles. The third-order valence-electron chi connectivity index (χ3n) is 4.63. The second kappa shape index (κ2) is 9.25. The number of anilines is 3. The third-order valence-corrected chi connectivity index (χ3v) is 4.63. The summed E-state index contributed by atoms with van der Waals surface area (Å²) in [5.74, 6) is -1.16. The van der Waals surface area contributed by atoms with E-state index in [0.29, 0.717) is 24.5 Å². The van der Waals surface area contributed by atoms with Crippen molar-refractivity contribution < 1.29 is 23.5 Å². The van der Waals surface area contributed by atoms with Gasteiger partial charge < -0.3 is 25.6 Å². The van der Waals surface area contributed by atoms with Crippen LogP contribution in [-0.4, -0.2) is 42.9 Å². The third kappa shape index (κ3) is 5.05. The van der Waals surface area contributed by atoms with Gasteiger partial charge in [0.2, 0.25) is 5.91 Å². The number of likely N-dealkylation sites (tertiary alicyclic amines) is 1. The Kier molecular flexibility index (Phi) is 6.51. The van der Waals surface area contributed by atoms with E-state index in [9.17, 15) is 18.8 Å². The van der Waals surface area contributed by atoms with Crippen LogP contribution in [0.5, 0.6) is 5.75 Å². The molecule has 3 N–H and O–H groups in total. The molecule has 1 aliphatic rings. The molecule has 4 amide bonds. The number of nitrogens with zero attached hydrogens (tertiary/aromatic N) is 1. The van der Waals surface area contributed by atoms with Gasteiger partial charge in [-0.05, 0) is 49.2 Å². The van der Waals surface area contributed by atoms with E-state index in [1.807, 2.05) is 0 Å². The second-order valence-electron chi connectivity index (χ2n) is 6.86. The summed E-state index contributed by atoms with van der Waals surface area (Å²) in [4.78, 5) is 38.3. The summed E-state index contributed by atoms with van der Waals surface area (Å²) in [5.41, 5.74) is 0.910. The maximum Gasteiger partial charge on any atom is 0.321 e. The van der Waals surface area contributed by atoms with Gasteiger partial charge in [-0.25, -0.2) is 9.18 Å². The summed E-state index contributed by atoms with van der Waals surface area (Å²) in [7, 11) is 1.44. The molecule has 2 aromatic rings. The summed E-state index contributed by atoms with van der Waals surface area (Å²) in [6, 6.07) is 7.98. The van der Waals surface area contributed by atoms with Gasteiger partial charge in [0.25, 0.3) is 5.91 Å². The number of carbonyl (C=O) groups excluding carboxylic acids is 3. The topological polar surface area (TPSA) is 99.8 Å². The first-order chi connectivity index (χ1) is 14.4. The largest absolute Gasteiger partial charge is 0.495 e. The number of methoxy groups -OCH3 is 1. The highest BCUT2D eigenvalue weighted by Gasteiger charge is 2.21. The van der Waals surface area contributed by atoms with Crippen molar-refractivity contribution in [3.63, 3.8) is 0 Å². The monoisotopic (exact) mass is 414 g/mol. The van der Waals surface area contributed by atoms with Gasteiger partial charge in [0.1, 0.15) is 11.6 Å². The number of halogens is 1. The number of hydrogen-bond donors (Lipinski definition) is 3. The molecular formula is C21H23FN4O4. The van der Waals surface area contributed by atoms with Crippen molar-refractivity contribution >= 4 is 34.9 Å². The van der Waals surface area contributed by atoms with E-state index >= 15 is 0 Å². The first kappa shape index (κ1) is 21.1. The SMILES string of the molecule is COc1ccc(NC(C)=O)cc1NC(=O)c1cc(F)ccc1NC(=O)N1CCCC1. The van der Waals surface area contributed by atoms with Gasteiger partial charge >= 0.3 is 6.03 Å². The van der Waals surface area contributed by atoms with Crippen molar-refractivity contribution in [2.24, 2.45) is 0 Å². The Labute approximate surface area is 173 Å². The molecule has 1 fully saturated rings. The first-order valence-electron chi connectivity index (χ1n) is 9.50. The van der Waals surface area contributed by atoms with E-state index in [4.69, 9.17) is 4.74 Å². The van der Waals surface area contributed by atoms with Gasteiger partial charge in [-0.15, -0.1) is 0 Å². The van der Waals surface area contributed by atoms with Crippen LogP contribution in [0.2, 0.25) is 0 Å². The van der Waals surface area contributed by atoms with Crippen molar-refractivity contribution in [2.45, 2.75) is 19.8 Å². The Morgan fingerprint density at radius 1 is 0.967 bits per heavy atom. The van der Waals surface area contributed by atoms with E-state index in [1.165, 1.54) is 32.2 Å².